The van der Waals surface area contributed by atoms with E-state index >= 15 is 0 Å². The Morgan fingerprint density at radius 2 is 1.52 bits per heavy atom. The van der Waals surface area contributed by atoms with Crippen LogP contribution in [0.2, 0.25) is 0 Å². The maximum absolute atomic E-state index is 12.4. The lowest BCUT2D eigenvalue weighted by molar-refractivity contribution is 0.587. The number of hydrazine groups is 1. The fraction of sp³-hybridized carbons (Fsp3) is 0.0500. The number of fused-ring (bicyclic) bond motifs is 1. The number of aromatic nitrogens is 2. The second kappa shape index (κ2) is 6.86. The summed E-state index contributed by atoms with van der Waals surface area (Å²) >= 11 is 0. The maximum atomic E-state index is 12.4. The zero-order chi connectivity index (χ0) is 18.9. The number of sulfonamides is 1. The van der Waals surface area contributed by atoms with E-state index in [4.69, 9.17) is 0 Å². The monoisotopic (exact) mass is 378 g/mol. The molecule has 136 valence electrons. The first kappa shape index (κ1) is 17.3. The van der Waals surface area contributed by atoms with Crippen LogP contribution in [0, 0.1) is 0 Å². The SMILES string of the molecule is Cn1nc(NNS(=O)(=O)c2ccccc2)c2cc(-c3ccccc3)ccc21. The van der Waals surface area contributed by atoms with Crippen molar-refractivity contribution >= 4 is 26.7 Å². The van der Waals surface area contributed by atoms with E-state index in [9.17, 15) is 8.42 Å². The Hall–Kier alpha value is -3.16. The number of benzene rings is 3. The minimum atomic E-state index is -3.69. The highest BCUT2D eigenvalue weighted by atomic mass is 32.2. The molecule has 0 fully saturated rings. The molecular formula is C20H18N4O2S. The molecule has 0 radical (unpaired) electrons. The van der Waals surface area contributed by atoms with Gasteiger partial charge >= 0.3 is 0 Å². The molecule has 27 heavy (non-hydrogen) atoms. The fourth-order valence-corrected chi connectivity index (χ4v) is 3.81. The van der Waals surface area contributed by atoms with Gasteiger partial charge in [-0.25, -0.2) is 8.42 Å². The lowest BCUT2D eigenvalue weighted by atomic mass is 10.0. The molecule has 2 N–H and O–H groups in total. The Balaban J connectivity index is 1.68. The molecule has 0 aliphatic rings. The van der Waals surface area contributed by atoms with Gasteiger partial charge in [0.2, 0.25) is 0 Å². The molecule has 1 heterocycles. The third-order valence-corrected chi connectivity index (χ3v) is 5.58. The van der Waals surface area contributed by atoms with Crippen molar-refractivity contribution in [2.45, 2.75) is 4.90 Å². The molecule has 0 spiro atoms. The van der Waals surface area contributed by atoms with E-state index in [1.165, 1.54) is 12.1 Å². The third kappa shape index (κ3) is 3.42. The maximum Gasteiger partial charge on any atom is 0.257 e. The highest BCUT2D eigenvalue weighted by Gasteiger charge is 2.15. The molecule has 7 heteroatoms. The van der Waals surface area contributed by atoms with Crippen LogP contribution < -0.4 is 10.3 Å². The Morgan fingerprint density at radius 3 is 2.22 bits per heavy atom. The molecule has 0 saturated carbocycles. The number of hydrogen-bond acceptors (Lipinski definition) is 4. The van der Waals surface area contributed by atoms with Gasteiger partial charge in [-0.15, -0.1) is 4.83 Å². The average Bonchev–Trinajstić information content (AvgIpc) is 3.03. The number of aryl methyl sites for hydroxylation is 1. The van der Waals surface area contributed by atoms with Crippen molar-refractivity contribution in [3.63, 3.8) is 0 Å². The summed E-state index contributed by atoms with van der Waals surface area (Å²) in [5.41, 5.74) is 5.77. The smallest absolute Gasteiger partial charge is 0.257 e. The average molecular weight is 378 g/mol. The van der Waals surface area contributed by atoms with Crippen molar-refractivity contribution in [2.24, 2.45) is 7.05 Å². The molecule has 4 rings (SSSR count). The largest absolute Gasteiger partial charge is 0.290 e. The lowest BCUT2D eigenvalue weighted by Gasteiger charge is -2.08. The summed E-state index contributed by atoms with van der Waals surface area (Å²) in [5.74, 6) is 0.449. The molecule has 0 saturated heterocycles. The minimum Gasteiger partial charge on any atom is -0.290 e. The number of nitrogens with one attached hydrogen (secondary N) is 2. The zero-order valence-corrected chi connectivity index (χ0v) is 15.4. The molecule has 0 bridgehead atoms. The number of rotatable bonds is 5. The molecule has 0 atom stereocenters. The van der Waals surface area contributed by atoms with Crippen LogP contribution >= 0.6 is 0 Å². The lowest BCUT2D eigenvalue weighted by Crippen LogP contribution is -2.29. The van der Waals surface area contributed by atoms with E-state index in [0.29, 0.717) is 5.82 Å². The van der Waals surface area contributed by atoms with Crippen molar-refractivity contribution in [2.75, 3.05) is 5.43 Å². The summed E-state index contributed by atoms with van der Waals surface area (Å²) < 4.78 is 26.6. The van der Waals surface area contributed by atoms with Crippen LogP contribution in [-0.2, 0) is 17.1 Å². The van der Waals surface area contributed by atoms with Crippen molar-refractivity contribution in [3.8, 4) is 11.1 Å². The van der Waals surface area contributed by atoms with Gasteiger partial charge in [0.15, 0.2) is 5.82 Å². The Bertz CT molecular complexity index is 1190. The summed E-state index contributed by atoms with van der Waals surface area (Å²) in [6.45, 7) is 0. The second-order valence-electron chi connectivity index (χ2n) is 6.11. The van der Waals surface area contributed by atoms with Crippen molar-refractivity contribution < 1.29 is 8.42 Å². The Labute approximate surface area is 157 Å². The molecule has 4 aromatic rings. The molecule has 0 amide bonds. The Kier molecular flexibility index (Phi) is 4.39. The first-order valence-electron chi connectivity index (χ1n) is 8.40. The first-order chi connectivity index (χ1) is 13.0. The number of hydrogen-bond donors (Lipinski definition) is 2. The molecule has 0 unspecified atom stereocenters. The van der Waals surface area contributed by atoms with Crippen molar-refractivity contribution in [1.29, 1.82) is 0 Å². The second-order valence-corrected chi connectivity index (χ2v) is 7.80. The highest BCUT2D eigenvalue weighted by Crippen LogP contribution is 2.28. The molecule has 1 aromatic heterocycles. The van der Waals surface area contributed by atoms with Gasteiger partial charge in [-0.2, -0.15) is 5.10 Å². The van der Waals surface area contributed by atoms with Gasteiger partial charge in [0, 0.05) is 12.4 Å². The van der Waals surface area contributed by atoms with Gasteiger partial charge in [-0.05, 0) is 35.4 Å². The summed E-state index contributed by atoms with van der Waals surface area (Å²) in [5, 5.41) is 5.23. The number of anilines is 1. The summed E-state index contributed by atoms with van der Waals surface area (Å²) in [4.78, 5) is 2.59. The van der Waals surface area contributed by atoms with E-state index in [-0.39, 0.29) is 4.90 Å². The van der Waals surface area contributed by atoms with Gasteiger partial charge < -0.3 is 0 Å². The van der Waals surface area contributed by atoms with Crippen LogP contribution in [0.1, 0.15) is 0 Å². The third-order valence-electron chi connectivity index (χ3n) is 4.31. The number of nitrogens with zero attached hydrogens (tertiary/aromatic N) is 2. The quantitative estimate of drug-likeness (QED) is 0.521. The van der Waals surface area contributed by atoms with Crippen LogP contribution in [0.15, 0.2) is 83.8 Å². The van der Waals surface area contributed by atoms with E-state index in [0.717, 1.165) is 22.0 Å². The van der Waals surface area contributed by atoms with Crippen LogP contribution in [0.3, 0.4) is 0 Å². The van der Waals surface area contributed by atoms with Crippen molar-refractivity contribution in [3.05, 3.63) is 78.9 Å². The van der Waals surface area contributed by atoms with Crippen LogP contribution in [0.4, 0.5) is 5.82 Å². The van der Waals surface area contributed by atoms with Crippen LogP contribution in [0.25, 0.3) is 22.0 Å². The van der Waals surface area contributed by atoms with Gasteiger partial charge in [0.1, 0.15) is 0 Å². The van der Waals surface area contributed by atoms with Gasteiger partial charge in [-0.1, -0.05) is 54.6 Å². The zero-order valence-electron chi connectivity index (χ0n) is 14.6. The van der Waals surface area contributed by atoms with E-state index < -0.39 is 10.0 Å². The van der Waals surface area contributed by atoms with Gasteiger partial charge in [0.25, 0.3) is 10.0 Å². The summed E-state index contributed by atoms with van der Waals surface area (Å²) in [6.07, 6.45) is 0. The molecule has 3 aromatic carbocycles. The van der Waals surface area contributed by atoms with Gasteiger partial charge in [0.05, 0.1) is 10.4 Å². The predicted octanol–water partition coefficient (Wildman–Crippen LogP) is 3.55. The minimum absolute atomic E-state index is 0.183. The van der Waals surface area contributed by atoms with Crippen LogP contribution in [-0.4, -0.2) is 18.2 Å². The fourth-order valence-electron chi connectivity index (χ4n) is 2.94. The topological polar surface area (TPSA) is 76.0 Å². The van der Waals surface area contributed by atoms with E-state index in [1.54, 1.807) is 22.9 Å². The molecule has 0 aliphatic heterocycles. The van der Waals surface area contributed by atoms with Gasteiger partial charge in [-0.3, -0.25) is 10.1 Å². The molecule has 0 aliphatic carbocycles. The first-order valence-corrected chi connectivity index (χ1v) is 9.88. The summed E-state index contributed by atoms with van der Waals surface area (Å²) in [6, 6.07) is 24.2. The predicted molar refractivity (Wildman–Crippen MR) is 107 cm³/mol. The van der Waals surface area contributed by atoms with E-state index in [1.807, 2.05) is 55.6 Å². The standard InChI is InChI=1S/C20H18N4O2S/c1-24-19-13-12-16(15-8-4-2-5-9-15)14-18(19)20(22-24)21-23-27(25,26)17-10-6-3-7-11-17/h2-14,23H,1H3,(H,21,22). The van der Waals surface area contributed by atoms with Crippen LogP contribution in [0.5, 0.6) is 0 Å². The molecular weight excluding hydrogens is 360 g/mol. The van der Waals surface area contributed by atoms with E-state index in [2.05, 4.69) is 15.4 Å². The molecule has 6 nitrogen and oxygen atoms in total. The highest BCUT2D eigenvalue weighted by molar-refractivity contribution is 7.89. The summed E-state index contributed by atoms with van der Waals surface area (Å²) in [7, 11) is -1.87. The van der Waals surface area contributed by atoms with Crippen molar-refractivity contribution in [1.82, 2.24) is 14.6 Å². The Morgan fingerprint density at radius 1 is 0.852 bits per heavy atom. The normalized spacial score (nSPS) is 11.6.